The number of hydrogen-bond donors (Lipinski definition) is 1. The molecule has 0 unspecified atom stereocenters. The Bertz CT molecular complexity index is 92.0. The van der Waals surface area contributed by atoms with Crippen LogP contribution in [0.5, 0.6) is 0 Å². The number of carbonyl (C=O) groups is 1. The summed E-state index contributed by atoms with van der Waals surface area (Å²) >= 11 is 0. The molecule has 4 heteroatoms. The normalized spacial score (nSPS) is 16.6. The van der Waals surface area contributed by atoms with Gasteiger partial charge in [-0.2, -0.15) is 5.90 Å². The fourth-order valence-corrected chi connectivity index (χ4v) is 0.415. The van der Waals surface area contributed by atoms with Gasteiger partial charge >= 0.3 is 5.97 Å². The highest BCUT2D eigenvalue weighted by molar-refractivity contribution is 5.85. The van der Waals surface area contributed by atoms with Crippen molar-refractivity contribution in [2.24, 2.45) is 11.8 Å². The molecular weight excluding hydrogens is 130 g/mol. The van der Waals surface area contributed by atoms with E-state index in [0.29, 0.717) is 0 Å². The first-order chi connectivity index (χ1) is 3.34. The molecule has 0 atom stereocenters. The zero-order valence-corrected chi connectivity index (χ0v) is 5.11. The predicted octanol–water partition coefficient (Wildman–Crippen LogP) is 0.235. The number of nitrogens with two attached hydrogens (primary N) is 1. The second kappa shape index (κ2) is 2.89. The van der Waals surface area contributed by atoms with Gasteiger partial charge in [-0.1, -0.05) is 0 Å². The highest BCUT2D eigenvalue weighted by Crippen LogP contribution is 2.29. The summed E-state index contributed by atoms with van der Waals surface area (Å²) in [5.74, 6) is 4.43. The molecule has 0 aromatic rings. The molecule has 0 radical (unpaired) electrons. The van der Waals surface area contributed by atoms with E-state index in [0.717, 1.165) is 12.8 Å². The molecule has 1 saturated carbocycles. The van der Waals surface area contributed by atoms with E-state index in [9.17, 15) is 4.79 Å². The number of hydrogen-bond acceptors (Lipinski definition) is 3. The van der Waals surface area contributed by atoms with E-state index >= 15 is 0 Å². The minimum Gasteiger partial charge on any atom is -0.373 e. The predicted molar refractivity (Wildman–Crippen MR) is 30.3 cm³/mol. The molecule has 0 aromatic carbocycles. The van der Waals surface area contributed by atoms with Gasteiger partial charge in [0.1, 0.15) is 0 Å². The van der Waals surface area contributed by atoms with Gasteiger partial charge in [0.25, 0.3) is 0 Å². The zero-order valence-electron chi connectivity index (χ0n) is 4.29. The van der Waals surface area contributed by atoms with Crippen LogP contribution in [0.1, 0.15) is 12.8 Å². The lowest BCUT2D eigenvalue weighted by molar-refractivity contribution is -0.145. The largest absolute Gasteiger partial charge is 0.373 e. The van der Waals surface area contributed by atoms with Crippen molar-refractivity contribution >= 4 is 18.4 Å². The Balaban J connectivity index is 0.000000490. The SMILES string of the molecule is Cl.NOC(=O)C1CC1. The fraction of sp³-hybridized carbons (Fsp3) is 0.750. The summed E-state index contributed by atoms with van der Waals surface area (Å²) in [6.07, 6.45) is 1.91. The summed E-state index contributed by atoms with van der Waals surface area (Å²) < 4.78 is 0. The quantitative estimate of drug-likeness (QED) is 0.527. The zero-order chi connectivity index (χ0) is 5.28. The van der Waals surface area contributed by atoms with Crippen LogP contribution in [0, 0.1) is 5.92 Å². The maximum atomic E-state index is 10.2. The third-order valence-corrected chi connectivity index (χ3v) is 1.03. The first-order valence-electron chi connectivity index (χ1n) is 2.25. The molecule has 1 rings (SSSR count). The Morgan fingerprint density at radius 3 is 2.25 bits per heavy atom. The molecule has 8 heavy (non-hydrogen) atoms. The van der Waals surface area contributed by atoms with E-state index in [2.05, 4.69) is 10.7 Å². The Hall–Kier alpha value is -0.280. The number of rotatable bonds is 1. The van der Waals surface area contributed by atoms with Crippen molar-refractivity contribution in [1.82, 2.24) is 0 Å². The third kappa shape index (κ3) is 1.68. The molecule has 0 amide bonds. The summed E-state index contributed by atoms with van der Waals surface area (Å²) in [6, 6.07) is 0. The van der Waals surface area contributed by atoms with Crippen LogP contribution in [-0.2, 0) is 9.63 Å². The summed E-state index contributed by atoms with van der Waals surface area (Å²) in [4.78, 5) is 14.2. The van der Waals surface area contributed by atoms with Gasteiger partial charge in [-0.05, 0) is 12.8 Å². The Kier molecular flexibility index (Phi) is 2.79. The second-order valence-electron chi connectivity index (χ2n) is 1.71. The molecule has 0 aromatic heterocycles. The maximum Gasteiger partial charge on any atom is 0.327 e. The monoisotopic (exact) mass is 137 g/mol. The van der Waals surface area contributed by atoms with Gasteiger partial charge in [-0.15, -0.1) is 12.4 Å². The maximum absolute atomic E-state index is 10.2. The van der Waals surface area contributed by atoms with Gasteiger partial charge in [0.05, 0.1) is 5.92 Å². The van der Waals surface area contributed by atoms with Crippen LogP contribution >= 0.6 is 12.4 Å². The lowest BCUT2D eigenvalue weighted by Gasteiger charge is -1.88. The van der Waals surface area contributed by atoms with Crippen molar-refractivity contribution in [3.05, 3.63) is 0 Å². The number of carbonyl (C=O) groups excluding carboxylic acids is 1. The van der Waals surface area contributed by atoms with Crippen LogP contribution in [0.2, 0.25) is 0 Å². The van der Waals surface area contributed by atoms with Gasteiger partial charge in [0.15, 0.2) is 0 Å². The van der Waals surface area contributed by atoms with E-state index in [1.54, 1.807) is 0 Å². The van der Waals surface area contributed by atoms with Gasteiger partial charge in [0, 0.05) is 0 Å². The molecule has 2 N–H and O–H groups in total. The Labute approximate surface area is 53.6 Å². The van der Waals surface area contributed by atoms with Crippen LogP contribution < -0.4 is 5.90 Å². The van der Waals surface area contributed by atoms with E-state index in [1.165, 1.54) is 0 Å². The minimum atomic E-state index is -0.264. The summed E-state index contributed by atoms with van der Waals surface area (Å²) in [6.45, 7) is 0. The van der Waals surface area contributed by atoms with Crippen LogP contribution in [0.25, 0.3) is 0 Å². The molecule has 0 spiro atoms. The van der Waals surface area contributed by atoms with E-state index in [-0.39, 0.29) is 24.3 Å². The highest BCUT2D eigenvalue weighted by atomic mass is 35.5. The van der Waals surface area contributed by atoms with Gasteiger partial charge in [0.2, 0.25) is 0 Å². The summed E-state index contributed by atoms with van der Waals surface area (Å²) in [5.41, 5.74) is 0. The highest BCUT2D eigenvalue weighted by Gasteiger charge is 2.30. The smallest absolute Gasteiger partial charge is 0.327 e. The van der Waals surface area contributed by atoms with Crippen molar-refractivity contribution in [2.45, 2.75) is 12.8 Å². The molecule has 48 valence electrons. The second-order valence-corrected chi connectivity index (χ2v) is 1.71. The molecule has 0 bridgehead atoms. The van der Waals surface area contributed by atoms with Crippen LogP contribution in [0.15, 0.2) is 0 Å². The molecule has 0 heterocycles. The molecule has 1 fully saturated rings. The number of halogens is 1. The molecule has 1 aliphatic rings. The topological polar surface area (TPSA) is 52.3 Å². The van der Waals surface area contributed by atoms with E-state index in [1.807, 2.05) is 0 Å². The first kappa shape index (κ1) is 7.72. The van der Waals surface area contributed by atoms with Crippen molar-refractivity contribution in [1.29, 1.82) is 0 Å². The van der Waals surface area contributed by atoms with Crippen LogP contribution in [0.4, 0.5) is 0 Å². The van der Waals surface area contributed by atoms with Crippen molar-refractivity contribution in [2.75, 3.05) is 0 Å². The third-order valence-electron chi connectivity index (χ3n) is 1.03. The molecule has 1 aliphatic carbocycles. The standard InChI is InChI=1S/C4H7NO2.ClH/c5-7-4(6)3-1-2-3;/h3H,1-2,5H2;1H. The van der Waals surface area contributed by atoms with Gasteiger partial charge < -0.3 is 4.84 Å². The van der Waals surface area contributed by atoms with E-state index < -0.39 is 0 Å². The van der Waals surface area contributed by atoms with Crippen molar-refractivity contribution < 1.29 is 9.63 Å². The van der Waals surface area contributed by atoms with Gasteiger partial charge in [-0.25, -0.2) is 0 Å². The van der Waals surface area contributed by atoms with E-state index in [4.69, 9.17) is 0 Å². The average Bonchev–Trinajstić information content (AvgIpc) is 2.44. The summed E-state index contributed by atoms with van der Waals surface area (Å²) in [7, 11) is 0. The average molecular weight is 138 g/mol. The molecule has 3 nitrogen and oxygen atoms in total. The summed E-state index contributed by atoms with van der Waals surface area (Å²) in [5, 5.41) is 0. The van der Waals surface area contributed by atoms with Gasteiger partial charge in [-0.3, -0.25) is 4.79 Å². The Morgan fingerprint density at radius 2 is 2.12 bits per heavy atom. The van der Waals surface area contributed by atoms with Crippen LogP contribution in [-0.4, -0.2) is 5.97 Å². The molecule has 0 aliphatic heterocycles. The first-order valence-corrected chi connectivity index (χ1v) is 2.25. The lowest BCUT2D eigenvalue weighted by atomic mass is 10.5. The lowest BCUT2D eigenvalue weighted by Crippen LogP contribution is -2.10. The fourth-order valence-electron chi connectivity index (χ4n) is 0.415. The Morgan fingerprint density at radius 1 is 1.62 bits per heavy atom. The molecule has 0 saturated heterocycles. The van der Waals surface area contributed by atoms with Crippen molar-refractivity contribution in [3.8, 4) is 0 Å². The van der Waals surface area contributed by atoms with Crippen LogP contribution in [0.3, 0.4) is 0 Å². The molecular formula is C4H8ClNO2. The van der Waals surface area contributed by atoms with Crippen molar-refractivity contribution in [3.63, 3.8) is 0 Å². The minimum absolute atomic E-state index is 0.